The van der Waals surface area contributed by atoms with Crippen LogP contribution in [0, 0.1) is 6.92 Å². The Labute approximate surface area is 174 Å². The Kier molecular flexibility index (Phi) is 5.13. The number of hydrogen-bond acceptors (Lipinski definition) is 4. The van der Waals surface area contributed by atoms with Gasteiger partial charge in [-0.2, -0.15) is 18.2 Å². The van der Waals surface area contributed by atoms with Gasteiger partial charge in [-0.1, -0.05) is 59.6 Å². The summed E-state index contributed by atoms with van der Waals surface area (Å²) >= 11 is 5.86. The lowest BCUT2D eigenvalue weighted by atomic mass is 10.2. The number of rotatable bonds is 5. The third-order valence-corrected chi connectivity index (χ3v) is 5.81. The van der Waals surface area contributed by atoms with Gasteiger partial charge in [0.1, 0.15) is 4.90 Å². The lowest BCUT2D eigenvalue weighted by molar-refractivity contribution is 0.465. The molecule has 4 aromatic rings. The molecule has 29 heavy (non-hydrogen) atoms. The monoisotopic (exact) mass is 424 g/mol. The molecule has 5 nitrogen and oxygen atoms in total. The van der Waals surface area contributed by atoms with E-state index >= 15 is 0 Å². The molecule has 0 atom stereocenters. The van der Waals surface area contributed by atoms with E-state index in [0.29, 0.717) is 16.4 Å². The molecule has 1 heterocycles. The first kappa shape index (κ1) is 19.2. The molecule has 0 saturated heterocycles. The summed E-state index contributed by atoms with van der Waals surface area (Å²) in [5.41, 5.74) is 3.24. The van der Waals surface area contributed by atoms with E-state index in [4.69, 9.17) is 15.8 Å². The maximum Gasteiger partial charge on any atom is 0.340 e. The number of aromatic nitrogens is 2. The summed E-state index contributed by atoms with van der Waals surface area (Å²) in [5.74, 6) is 0.0997. The first-order valence-corrected chi connectivity index (χ1v) is 10.6. The van der Waals surface area contributed by atoms with E-state index in [1.165, 1.54) is 28.9 Å². The molecule has 0 unspecified atom stereocenters. The van der Waals surface area contributed by atoms with Crippen molar-refractivity contribution < 1.29 is 12.6 Å². The summed E-state index contributed by atoms with van der Waals surface area (Å²) in [6.45, 7) is 1.98. The fraction of sp³-hybridized carbons (Fsp3) is 0.0455. The molecule has 3 aromatic carbocycles. The van der Waals surface area contributed by atoms with E-state index in [2.05, 4.69) is 5.10 Å². The first-order chi connectivity index (χ1) is 13.9. The Morgan fingerprint density at radius 3 is 2.21 bits per heavy atom. The maximum absolute atomic E-state index is 12.8. The number of halogens is 1. The Bertz CT molecular complexity index is 1230. The predicted molar refractivity (Wildman–Crippen MR) is 113 cm³/mol. The largest absolute Gasteiger partial charge is 0.358 e. The molecule has 0 aliphatic rings. The molecule has 0 aliphatic heterocycles. The van der Waals surface area contributed by atoms with Crippen LogP contribution < -0.4 is 4.18 Å². The third-order valence-electron chi connectivity index (χ3n) is 4.32. The third kappa shape index (κ3) is 4.18. The Morgan fingerprint density at radius 1 is 0.897 bits per heavy atom. The number of nitrogens with zero attached hydrogens (tertiary/aromatic N) is 2. The molecular weight excluding hydrogens is 408 g/mol. The van der Waals surface area contributed by atoms with Gasteiger partial charge in [0.15, 0.2) is 0 Å². The van der Waals surface area contributed by atoms with Crippen LogP contribution in [-0.2, 0) is 10.1 Å². The lowest BCUT2D eigenvalue weighted by Gasteiger charge is -2.09. The quantitative estimate of drug-likeness (QED) is 0.409. The molecule has 0 saturated carbocycles. The molecule has 1 aromatic heterocycles. The fourth-order valence-electron chi connectivity index (χ4n) is 2.81. The Hall–Kier alpha value is -3.09. The van der Waals surface area contributed by atoms with Crippen molar-refractivity contribution in [2.45, 2.75) is 11.8 Å². The van der Waals surface area contributed by atoms with E-state index in [1.807, 2.05) is 61.5 Å². The van der Waals surface area contributed by atoms with Crippen LogP contribution in [0.1, 0.15) is 5.56 Å². The first-order valence-electron chi connectivity index (χ1n) is 8.85. The second-order valence-corrected chi connectivity index (χ2v) is 8.46. The molecular formula is C22H17ClN2O3S. The molecule has 0 N–H and O–H groups in total. The van der Waals surface area contributed by atoms with Crippen molar-refractivity contribution in [1.82, 2.24) is 9.78 Å². The highest BCUT2D eigenvalue weighted by Crippen LogP contribution is 2.29. The zero-order valence-electron chi connectivity index (χ0n) is 15.5. The standard InChI is InChI=1S/C22H17ClN2O3S/c1-16-7-11-19(12-8-16)25-22(15-21(24-25)17-5-3-2-4-6-17)28-29(26,27)20-13-9-18(23)10-14-20/h2-15H,1H3. The topological polar surface area (TPSA) is 61.2 Å². The number of hydrogen-bond donors (Lipinski definition) is 0. The second-order valence-electron chi connectivity index (χ2n) is 6.47. The van der Waals surface area contributed by atoms with E-state index in [-0.39, 0.29) is 10.8 Å². The van der Waals surface area contributed by atoms with E-state index in [9.17, 15) is 8.42 Å². The molecule has 7 heteroatoms. The Morgan fingerprint density at radius 2 is 1.55 bits per heavy atom. The van der Waals surface area contributed by atoms with Gasteiger partial charge in [-0.15, -0.1) is 0 Å². The molecule has 0 aliphatic carbocycles. The van der Waals surface area contributed by atoms with E-state index < -0.39 is 10.1 Å². The summed E-state index contributed by atoms with van der Waals surface area (Å²) < 4.78 is 32.5. The minimum Gasteiger partial charge on any atom is -0.358 e. The van der Waals surface area contributed by atoms with Gasteiger partial charge in [0, 0.05) is 16.7 Å². The van der Waals surface area contributed by atoms with Crippen molar-refractivity contribution in [2.75, 3.05) is 0 Å². The van der Waals surface area contributed by atoms with Crippen LogP contribution in [-0.4, -0.2) is 18.2 Å². The van der Waals surface area contributed by atoms with Gasteiger partial charge in [-0.3, -0.25) is 0 Å². The summed E-state index contributed by atoms with van der Waals surface area (Å²) in [6, 6.07) is 24.5. The molecule has 4 rings (SSSR count). The number of aryl methyl sites for hydroxylation is 1. The van der Waals surface area contributed by atoms with Crippen molar-refractivity contribution in [3.63, 3.8) is 0 Å². The van der Waals surface area contributed by atoms with Gasteiger partial charge < -0.3 is 4.18 Å². The number of benzene rings is 3. The molecule has 0 fully saturated rings. The fourth-order valence-corrected chi connectivity index (χ4v) is 3.84. The van der Waals surface area contributed by atoms with Gasteiger partial charge in [-0.05, 0) is 43.3 Å². The van der Waals surface area contributed by atoms with Crippen LogP contribution >= 0.6 is 11.6 Å². The van der Waals surface area contributed by atoms with Crippen LogP contribution in [0.4, 0.5) is 0 Å². The second kappa shape index (κ2) is 7.73. The van der Waals surface area contributed by atoms with Gasteiger partial charge >= 0.3 is 10.1 Å². The van der Waals surface area contributed by atoms with Gasteiger partial charge in [0.05, 0.1) is 11.4 Å². The predicted octanol–water partition coefficient (Wildman–Crippen LogP) is 5.27. The molecule has 0 spiro atoms. The SMILES string of the molecule is Cc1ccc(-n2nc(-c3ccccc3)cc2OS(=O)(=O)c2ccc(Cl)cc2)cc1. The maximum atomic E-state index is 12.8. The average molecular weight is 425 g/mol. The van der Waals surface area contributed by atoms with Crippen molar-refractivity contribution >= 4 is 21.7 Å². The van der Waals surface area contributed by atoms with Gasteiger partial charge in [0.25, 0.3) is 0 Å². The van der Waals surface area contributed by atoms with Crippen molar-refractivity contribution in [2.24, 2.45) is 0 Å². The van der Waals surface area contributed by atoms with E-state index in [1.54, 1.807) is 6.07 Å². The van der Waals surface area contributed by atoms with Gasteiger partial charge in [0.2, 0.25) is 5.88 Å². The molecule has 0 radical (unpaired) electrons. The van der Waals surface area contributed by atoms with Crippen molar-refractivity contribution in [3.05, 3.63) is 95.5 Å². The highest BCUT2D eigenvalue weighted by Gasteiger charge is 2.21. The molecule has 0 bridgehead atoms. The average Bonchev–Trinajstić information content (AvgIpc) is 3.12. The van der Waals surface area contributed by atoms with Crippen molar-refractivity contribution in [1.29, 1.82) is 0 Å². The zero-order valence-corrected chi connectivity index (χ0v) is 17.1. The van der Waals surface area contributed by atoms with Gasteiger partial charge in [-0.25, -0.2) is 0 Å². The van der Waals surface area contributed by atoms with Crippen LogP contribution in [0.25, 0.3) is 16.9 Å². The summed E-state index contributed by atoms with van der Waals surface area (Å²) in [6.07, 6.45) is 0. The van der Waals surface area contributed by atoms with Crippen LogP contribution in [0.15, 0.2) is 89.8 Å². The molecule has 0 amide bonds. The highest BCUT2D eigenvalue weighted by molar-refractivity contribution is 7.87. The minimum absolute atomic E-state index is 0.0137. The van der Waals surface area contributed by atoms with Crippen LogP contribution in [0.3, 0.4) is 0 Å². The summed E-state index contributed by atoms with van der Waals surface area (Å²) in [4.78, 5) is 0.0137. The minimum atomic E-state index is -4.06. The van der Waals surface area contributed by atoms with Crippen LogP contribution in [0.2, 0.25) is 5.02 Å². The summed E-state index contributed by atoms with van der Waals surface area (Å²) in [7, 11) is -4.06. The van der Waals surface area contributed by atoms with Crippen LogP contribution in [0.5, 0.6) is 5.88 Å². The Balaban J connectivity index is 1.79. The molecule has 146 valence electrons. The zero-order chi connectivity index (χ0) is 20.4. The smallest absolute Gasteiger partial charge is 0.340 e. The normalized spacial score (nSPS) is 11.4. The highest BCUT2D eigenvalue weighted by atomic mass is 35.5. The van der Waals surface area contributed by atoms with E-state index in [0.717, 1.165) is 11.1 Å². The lowest BCUT2D eigenvalue weighted by Crippen LogP contribution is -2.12. The summed E-state index contributed by atoms with van der Waals surface area (Å²) in [5, 5.41) is 5.02. The van der Waals surface area contributed by atoms with Crippen molar-refractivity contribution in [3.8, 4) is 22.8 Å².